The summed E-state index contributed by atoms with van der Waals surface area (Å²) >= 11 is 11.5. The summed E-state index contributed by atoms with van der Waals surface area (Å²) in [5, 5.41) is 2.81. The van der Waals surface area contributed by atoms with Crippen LogP contribution in [-0.2, 0) is 16.2 Å². The van der Waals surface area contributed by atoms with Gasteiger partial charge in [0.1, 0.15) is 23.7 Å². The molecule has 3 aromatic carbocycles. The van der Waals surface area contributed by atoms with E-state index in [0.29, 0.717) is 22.6 Å². The fourth-order valence-corrected chi connectivity index (χ4v) is 3.66. The number of hydrogen-bond acceptors (Lipinski definition) is 4. The first-order valence-corrected chi connectivity index (χ1v) is 10.3. The molecule has 0 spiro atoms. The van der Waals surface area contributed by atoms with Crippen molar-refractivity contribution in [1.82, 2.24) is 5.32 Å². The third kappa shape index (κ3) is 4.54. The van der Waals surface area contributed by atoms with Crippen LogP contribution in [0.5, 0.6) is 5.75 Å². The minimum Gasteiger partial charge on any atom is -0.487 e. The molecule has 160 valence electrons. The van der Waals surface area contributed by atoms with E-state index >= 15 is 0 Å². The predicted molar refractivity (Wildman–Crippen MR) is 125 cm³/mol. The lowest BCUT2D eigenvalue weighted by Gasteiger charge is -2.28. The molecule has 1 aliphatic rings. The van der Waals surface area contributed by atoms with Crippen LogP contribution in [0, 0.1) is 5.82 Å². The molecule has 0 aromatic heterocycles. The second-order valence-electron chi connectivity index (χ2n) is 6.86. The van der Waals surface area contributed by atoms with Crippen LogP contribution >= 0.6 is 23.8 Å². The monoisotopic (exact) mass is 466 g/mol. The van der Waals surface area contributed by atoms with Crippen molar-refractivity contribution in [3.05, 3.63) is 100 Å². The Morgan fingerprint density at radius 3 is 2.47 bits per heavy atom. The molecule has 0 saturated carbocycles. The smallest absolute Gasteiger partial charge is 0.270 e. The minimum atomic E-state index is -0.594. The number of nitrogens with one attached hydrogen (secondary N) is 1. The van der Waals surface area contributed by atoms with Gasteiger partial charge in [0, 0.05) is 5.56 Å². The Balaban J connectivity index is 1.56. The number of carbonyl (C=O) groups is 2. The van der Waals surface area contributed by atoms with Gasteiger partial charge in [-0.05, 0) is 54.2 Å². The molecule has 0 aliphatic carbocycles. The summed E-state index contributed by atoms with van der Waals surface area (Å²) in [6.45, 7) is 0.0111. The summed E-state index contributed by atoms with van der Waals surface area (Å²) in [6, 6.07) is 19.9. The van der Waals surface area contributed by atoms with Crippen LogP contribution in [0.3, 0.4) is 0 Å². The van der Waals surface area contributed by atoms with Crippen molar-refractivity contribution < 1.29 is 18.7 Å². The molecular formula is C24H16ClFN2O3S. The van der Waals surface area contributed by atoms with E-state index in [-0.39, 0.29) is 28.1 Å². The largest absolute Gasteiger partial charge is 0.487 e. The number of rotatable bonds is 5. The third-order valence-electron chi connectivity index (χ3n) is 4.72. The van der Waals surface area contributed by atoms with Gasteiger partial charge in [-0.1, -0.05) is 54.1 Å². The van der Waals surface area contributed by atoms with E-state index in [0.717, 1.165) is 0 Å². The second-order valence-corrected chi connectivity index (χ2v) is 7.66. The van der Waals surface area contributed by atoms with Gasteiger partial charge in [0.2, 0.25) is 0 Å². The van der Waals surface area contributed by atoms with Crippen molar-refractivity contribution in [3.8, 4) is 5.75 Å². The molecule has 5 nitrogen and oxygen atoms in total. The highest BCUT2D eigenvalue weighted by Gasteiger charge is 2.34. The normalized spacial score (nSPS) is 15.1. The van der Waals surface area contributed by atoms with Gasteiger partial charge in [-0.3, -0.25) is 19.8 Å². The molecule has 0 bridgehead atoms. The number of ether oxygens (including phenoxy) is 1. The molecule has 4 rings (SSSR count). The molecule has 8 heteroatoms. The van der Waals surface area contributed by atoms with Crippen LogP contribution in [0.15, 0.2) is 78.4 Å². The van der Waals surface area contributed by atoms with Crippen LogP contribution in [0.25, 0.3) is 6.08 Å². The fourth-order valence-electron chi connectivity index (χ4n) is 3.13. The van der Waals surface area contributed by atoms with Crippen molar-refractivity contribution >= 4 is 52.5 Å². The zero-order valence-electron chi connectivity index (χ0n) is 16.5. The van der Waals surface area contributed by atoms with Gasteiger partial charge in [0.05, 0.1) is 10.7 Å². The fraction of sp³-hybridized carbons (Fsp3) is 0.0417. The van der Waals surface area contributed by atoms with Gasteiger partial charge >= 0.3 is 0 Å². The molecule has 2 amide bonds. The van der Waals surface area contributed by atoms with Gasteiger partial charge in [-0.15, -0.1) is 0 Å². The number of anilines is 1. The molecule has 1 aliphatic heterocycles. The number of hydrogen-bond donors (Lipinski definition) is 1. The molecule has 0 atom stereocenters. The van der Waals surface area contributed by atoms with E-state index in [4.69, 9.17) is 28.6 Å². The zero-order chi connectivity index (χ0) is 22.7. The van der Waals surface area contributed by atoms with Gasteiger partial charge in [0.15, 0.2) is 5.11 Å². The number of para-hydroxylation sites is 1. The Kier molecular flexibility index (Phi) is 6.30. The first-order valence-electron chi connectivity index (χ1n) is 9.56. The van der Waals surface area contributed by atoms with Crippen LogP contribution in [0.4, 0.5) is 10.1 Å². The second kappa shape index (κ2) is 9.30. The number of benzene rings is 3. The van der Waals surface area contributed by atoms with Crippen molar-refractivity contribution in [2.24, 2.45) is 0 Å². The highest BCUT2D eigenvalue weighted by molar-refractivity contribution is 7.80. The molecule has 1 fully saturated rings. The highest BCUT2D eigenvalue weighted by Crippen LogP contribution is 2.28. The summed E-state index contributed by atoms with van der Waals surface area (Å²) in [5.41, 5.74) is 1.38. The molecule has 0 radical (unpaired) electrons. The Bertz CT molecular complexity index is 1250. The summed E-state index contributed by atoms with van der Waals surface area (Å²) < 4.78 is 19.4. The predicted octanol–water partition coefficient (Wildman–Crippen LogP) is 4.89. The van der Waals surface area contributed by atoms with E-state index < -0.39 is 11.8 Å². The van der Waals surface area contributed by atoms with Gasteiger partial charge in [-0.25, -0.2) is 4.39 Å². The maximum absolute atomic E-state index is 13.8. The highest BCUT2D eigenvalue weighted by atomic mass is 35.5. The van der Waals surface area contributed by atoms with E-state index in [1.807, 2.05) is 6.07 Å². The molecule has 0 unspecified atom stereocenters. The van der Waals surface area contributed by atoms with E-state index in [1.165, 1.54) is 17.0 Å². The molecule has 32 heavy (non-hydrogen) atoms. The number of halogens is 2. The average Bonchev–Trinajstić information content (AvgIpc) is 2.78. The lowest BCUT2D eigenvalue weighted by atomic mass is 10.1. The molecule has 1 heterocycles. The SMILES string of the molecule is O=C1NC(=S)N(c2ccccc2)C(=O)/C1=C\c1ccc(OCc2ccccc2F)c(Cl)c1. The molecular weight excluding hydrogens is 451 g/mol. The van der Waals surface area contributed by atoms with Crippen LogP contribution in [0.1, 0.15) is 11.1 Å². The molecule has 1 N–H and O–H groups in total. The zero-order valence-corrected chi connectivity index (χ0v) is 18.1. The molecule has 1 saturated heterocycles. The van der Waals surface area contributed by atoms with Crippen molar-refractivity contribution in [2.45, 2.75) is 6.61 Å². The summed E-state index contributed by atoms with van der Waals surface area (Å²) in [7, 11) is 0. The van der Waals surface area contributed by atoms with E-state index in [9.17, 15) is 14.0 Å². The Morgan fingerprint density at radius 2 is 1.75 bits per heavy atom. The van der Waals surface area contributed by atoms with Crippen molar-refractivity contribution in [2.75, 3.05) is 4.90 Å². The number of carbonyl (C=O) groups excluding carboxylic acids is 2. The van der Waals surface area contributed by atoms with E-state index in [1.54, 1.807) is 60.7 Å². The van der Waals surface area contributed by atoms with Gasteiger partial charge in [-0.2, -0.15) is 0 Å². The first-order chi connectivity index (χ1) is 15.4. The summed E-state index contributed by atoms with van der Waals surface area (Å²) in [5.74, 6) is -1.15. The van der Waals surface area contributed by atoms with Gasteiger partial charge < -0.3 is 4.74 Å². The average molecular weight is 467 g/mol. The van der Waals surface area contributed by atoms with Gasteiger partial charge in [0.25, 0.3) is 11.8 Å². The lowest BCUT2D eigenvalue weighted by Crippen LogP contribution is -2.54. The lowest BCUT2D eigenvalue weighted by molar-refractivity contribution is -0.122. The first kappa shape index (κ1) is 21.7. The standard InChI is InChI=1S/C24H16ClFN2O3S/c25-19-13-15(10-11-21(19)31-14-16-6-4-5-9-20(16)26)12-18-22(29)27-24(32)28(23(18)30)17-7-2-1-3-8-17/h1-13H,14H2,(H,27,29,32)/b18-12-. The van der Waals surface area contributed by atoms with Crippen LogP contribution in [-0.4, -0.2) is 16.9 Å². The maximum Gasteiger partial charge on any atom is 0.270 e. The number of amides is 2. The maximum atomic E-state index is 13.8. The summed E-state index contributed by atoms with van der Waals surface area (Å²) in [6.07, 6.45) is 1.43. The van der Waals surface area contributed by atoms with Crippen molar-refractivity contribution in [1.29, 1.82) is 0 Å². The quantitative estimate of drug-likeness (QED) is 0.330. The summed E-state index contributed by atoms with van der Waals surface area (Å²) in [4.78, 5) is 26.7. The Hall–Kier alpha value is -3.55. The van der Waals surface area contributed by atoms with Crippen LogP contribution in [0.2, 0.25) is 5.02 Å². The third-order valence-corrected chi connectivity index (χ3v) is 5.30. The number of thiocarbonyl (C=S) groups is 1. The Morgan fingerprint density at radius 1 is 1.03 bits per heavy atom. The minimum absolute atomic E-state index is 0.0111. The van der Waals surface area contributed by atoms with E-state index in [2.05, 4.69) is 5.32 Å². The Labute approximate surface area is 194 Å². The molecule has 3 aromatic rings. The van der Waals surface area contributed by atoms with Crippen LogP contribution < -0.4 is 15.0 Å². The topological polar surface area (TPSA) is 58.6 Å². The van der Waals surface area contributed by atoms with Crippen molar-refractivity contribution in [3.63, 3.8) is 0 Å². The number of nitrogens with zero attached hydrogens (tertiary/aromatic N) is 1.